The number of rotatable bonds is 6. The maximum Gasteiger partial charge on any atom is 0.418 e. The van der Waals surface area contributed by atoms with Crippen molar-refractivity contribution in [1.29, 1.82) is 0 Å². The number of aromatic nitrogens is 1. The first-order valence-corrected chi connectivity index (χ1v) is 12.3. The molecule has 5 rings (SSSR count). The van der Waals surface area contributed by atoms with Gasteiger partial charge in [0, 0.05) is 44.4 Å². The van der Waals surface area contributed by atoms with E-state index in [1.165, 1.54) is 6.07 Å². The van der Waals surface area contributed by atoms with E-state index in [4.69, 9.17) is 16.3 Å². The molecule has 188 valence electrons. The van der Waals surface area contributed by atoms with Crippen LogP contribution in [0.25, 0.3) is 0 Å². The van der Waals surface area contributed by atoms with E-state index in [2.05, 4.69) is 4.98 Å². The van der Waals surface area contributed by atoms with Crippen molar-refractivity contribution >= 4 is 23.3 Å². The summed E-state index contributed by atoms with van der Waals surface area (Å²) in [4.78, 5) is 20.3. The summed E-state index contributed by atoms with van der Waals surface area (Å²) in [5, 5.41) is -0.429. The van der Waals surface area contributed by atoms with Gasteiger partial charge in [-0.3, -0.25) is 4.79 Å². The van der Waals surface area contributed by atoms with Gasteiger partial charge in [0.25, 0.3) is 5.91 Å². The molecule has 1 unspecified atom stereocenters. The van der Waals surface area contributed by atoms with E-state index in [-0.39, 0.29) is 29.1 Å². The number of pyridine rings is 1. The van der Waals surface area contributed by atoms with Gasteiger partial charge in [0.2, 0.25) is 0 Å². The van der Waals surface area contributed by atoms with Gasteiger partial charge >= 0.3 is 6.18 Å². The predicted molar refractivity (Wildman–Crippen MR) is 124 cm³/mol. The largest absolute Gasteiger partial charge is 0.493 e. The van der Waals surface area contributed by atoms with Crippen LogP contribution >= 0.6 is 11.6 Å². The first-order valence-electron chi connectivity index (χ1n) is 11.9. The number of carbonyl (C=O) groups excluding carboxylic acids is 1. The Kier molecular flexibility index (Phi) is 6.55. The molecule has 1 amide bonds. The highest BCUT2D eigenvalue weighted by molar-refractivity contribution is 6.31. The lowest BCUT2D eigenvalue weighted by Gasteiger charge is -2.20. The van der Waals surface area contributed by atoms with Crippen molar-refractivity contribution in [2.45, 2.75) is 44.2 Å². The highest BCUT2D eigenvalue weighted by Gasteiger charge is 2.35. The summed E-state index contributed by atoms with van der Waals surface area (Å²) in [6.07, 6.45) is 0.998. The molecular weight excluding hydrogens is 486 g/mol. The molecule has 1 aliphatic carbocycles. The third-order valence-corrected chi connectivity index (χ3v) is 7.27. The van der Waals surface area contributed by atoms with Gasteiger partial charge in [-0.05, 0) is 55.7 Å². The number of nitrogens with zero attached hydrogens (tertiary/aromatic N) is 3. The summed E-state index contributed by atoms with van der Waals surface area (Å²) in [6, 6.07) is 3.95. The predicted octanol–water partition coefficient (Wildman–Crippen LogP) is 5.91. The van der Waals surface area contributed by atoms with Crippen molar-refractivity contribution in [1.82, 2.24) is 9.88 Å². The van der Waals surface area contributed by atoms with Gasteiger partial charge < -0.3 is 14.5 Å². The van der Waals surface area contributed by atoms with Crippen molar-refractivity contribution in [3.05, 3.63) is 51.9 Å². The number of alkyl halides is 3. The van der Waals surface area contributed by atoms with E-state index in [0.29, 0.717) is 45.0 Å². The molecule has 2 aliphatic heterocycles. The topological polar surface area (TPSA) is 45.7 Å². The lowest BCUT2D eigenvalue weighted by atomic mass is 10.0. The van der Waals surface area contributed by atoms with Gasteiger partial charge in [-0.2, -0.15) is 13.2 Å². The monoisotopic (exact) mass is 511 g/mol. The Labute approximate surface area is 206 Å². The zero-order valence-electron chi connectivity index (χ0n) is 19.1. The van der Waals surface area contributed by atoms with Crippen molar-refractivity contribution in [2.75, 3.05) is 37.7 Å². The van der Waals surface area contributed by atoms with Crippen molar-refractivity contribution < 1.29 is 27.1 Å². The Morgan fingerprint density at radius 3 is 2.54 bits per heavy atom. The maximum absolute atomic E-state index is 14.9. The van der Waals surface area contributed by atoms with Gasteiger partial charge in [-0.1, -0.05) is 11.6 Å². The van der Waals surface area contributed by atoms with Crippen LogP contribution in [0.1, 0.15) is 59.5 Å². The van der Waals surface area contributed by atoms with Crippen LogP contribution in [0.15, 0.2) is 24.4 Å². The molecule has 2 saturated heterocycles. The minimum Gasteiger partial charge on any atom is -0.493 e. The second-order valence-electron chi connectivity index (χ2n) is 9.58. The van der Waals surface area contributed by atoms with Gasteiger partial charge in [0.1, 0.15) is 17.4 Å². The summed E-state index contributed by atoms with van der Waals surface area (Å²) in [7, 11) is 0. The number of benzene rings is 1. The Balaban J connectivity index is 1.26. The summed E-state index contributed by atoms with van der Waals surface area (Å²) in [5.41, 5.74) is 0.0532. The maximum atomic E-state index is 14.9. The SMILES string of the molecule is O=C(c1cc(C2CC2)c(OCC2CCN(c3cc(C(F)(F)F)c(Cl)cn3)C2)cc1F)N1CCCC1. The van der Waals surface area contributed by atoms with Gasteiger partial charge in [-0.25, -0.2) is 9.37 Å². The molecule has 3 aliphatic rings. The first-order chi connectivity index (χ1) is 16.7. The van der Waals surface area contributed by atoms with Crippen LogP contribution in [-0.2, 0) is 6.18 Å². The highest BCUT2D eigenvalue weighted by atomic mass is 35.5. The third-order valence-electron chi connectivity index (χ3n) is 6.97. The molecule has 2 aromatic rings. The number of hydrogen-bond donors (Lipinski definition) is 0. The van der Waals surface area contributed by atoms with Gasteiger partial charge in [0.05, 0.1) is 22.8 Å². The molecule has 0 spiro atoms. The smallest absolute Gasteiger partial charge is 0.418 e. The molecule has 3 heterocycles. The molecule has 1 atom stereocenters. The number of hydrogen-bond acceptors (Lipinski definition) is 4. The van der Waals surface area contributed by atoms with E-state index in [0.717, 1.165) is 43.5 Å². The highest BCUT2D eigenvalue weighted by Crippen LogP contribution is 2.45. The lowest BCUT2D eigenvalue weighted by Crippen LogP contribution is -2.28. The number of amides is 1. The van der Waals surface area contributed by atoms with Gasteiger partial charge in [-0.15, -0.1) is 0 Å². The average Bonchev–Trinajstić information content (AvgIpc) is 3.30. The quantitative estimate of drug-likeness (QED) is 0.452. The molecule has 1 aromatic carbocycles. The van der Waals surface area contributed by atoms with E-state index >= 15 is 0 Å². The number of anilines is 1. The fraction of sp³-hybridized carbons (Fsp3) is 0.520. The van der Waals surface area contributed by atoms with E-state index in [9.17, 15) is 22.4 Å². The fourth-order valence-electron chi connectivity index (χ4n) is 4.87. The minimum absolute atomic E-state index is 0.0443. The number of halogens is 5. The van der Waals surface area contributed by atoms with Crippen LogP contribution in [0.5, 0.6) is 5.75 Å². The van der Waals surface area contributed by atoms with Crippen molar-refractivity contribution in [3.8, 4) is 5.75 Å². The number of ether oxygens (including phenoxy) is 1. The number of likely N-dealkylation sites (tertiary alicyclic amines) is 1. The van der Waals surface area contributed by atoms with E-state index < -0.39 is 22.6 Å². The van der Waals surface area contributed by atoms with Crippen LogP contribution in [0.4, 0.5) is 23.4 Å². The zero-order chi connectivity index (χ0) is 24.7. The minimum atomic E-state index is -4.55. The summed E-state index contributed by atoms with van der Waals surface area (Å²) in [6.45, 7) is 2.61. The molecule has 3 fully saturated rings. The fourth-order valence-corrected chi connectivity index (χ4v) is 5.08. The molecule has 5 nitrogen and oxygen atoms in total. The molecule has 1 saturated carbocycles. The van der Waals surface area contributed by atoms with E-state index in [1.54, 1.807) is 15.9 Å². The first kappa shape index (κ1) is 24.2. The van der Waals surface area contributed by atoms with Crippen LogP contribution < -0.4 is 9.64 Å². The molecule has 0 radical (unpaired) electrons. The molecule has 0 N–H and O–H groups in total. The lowest BCUT2D eigenvalue weighted by molar-refractivity contribution is -0.137. The van der Waals surface area contributed by atoms with E-state index in [1.807, 2.05) is 0 Å². The van der Waals surface area contributed by atoms with Gasteiger partial charge in [0.15, 0.2) is 0 Å². The summed E-state index contributed by atoms with van der Waals surface area (Å²) < 4.78 is 60.6. The molecular formula is C25H26ClF4N3O2. The van der Waals surface area contributed by atoms with Crippen LogP contribution in [0.2, 0.25) is 5.02 Å². The summed E-state index contributed by atoms with van der Waals surface area (Å²) in [5.74, 6) is 0.120. The second kappa shape index (κ2) is 9.48. The van der Waals surface area contributed by atoms with Crippen molar-refractivity contribution in [2.24, 2.45) is 5.92 Å². The summed E-state index contributed by atoms with van der Waals surface area (Å²) >= 11 is 5.68. The van der Waals surface area contributed by atoms with Crippen LogP contribution in [0, 0.1) is 11.7 Å². The van der Waals surface area contributed by atoms with Crippen molar-refractivity contribution in [3.63, 3.8) is 0 Å². The standard InChI is InChI=1S/C25H26ClF4N3O2/c26-20-12-31-23(10-19(20)25(28,29)30)33-8-5-15(13-33)14-35-22-11-21(27)18(9-17(22)16-3-4-16)24(34)32-6-1-2-7-32/h9-12,15-16H,1-8,13-14H2. The Bertz CT molecular complexity index is 1120. The molecule has 1 aromatic heterocycles. The average molecular weight is 512 g/mol. The molecule has 0 bridgehead atoms. The zero-order valence-corrected chi connectivity index (χ0v) is 19.8. The normalized spacial score (nSPS) is 20.5. The number of carbonyl (C=O) groups is 1. The third kappa shape index (κ3) is 5.20. The second-order valence-corrected chi connectivity index (χ2v) is 9.98. The Hall–Kier alpha value is -2.55. The molecule has 35 heavy (non-hydrogen) atoms. The Morgan fingerprint density at radius 2 is 1.86 bits per heavy atom. The molecule has 10 heteroatoms. The van der Waals surface area contributed by atoms with Crippen LogP contribution in [0.3, 0.4) is 0 Å². The van der Waals surface area contributed by atoms with Crippen LogP contribution in [-0.4, -0.2) is 48.6 Å². The Morgan fingerprint density at radius 1 is 1.11 bits per heavy atom.